The lowest BCUT2D eigenvalue weighted by Crippen LogP contribution is -2.34. The largest absolute Gasteiger partial charge is 0.504 e. The van der Waals surface area contributed by atoms with Gasteiger partial charge < -0.3 is 20.6 Å². The van der Waals surface area contributed by atoms with Gasteiger partial charge >= 0.3 is 0 Å². The van der Waals surface area contributed by atoms with Crippen molar-refractivity contribution in [2.45, 2.75) is 19.1 Å². The number of aliphatic hydroxyl groups excluding tert-OH is 2. The Morgan fingerprint density at radius 3 is 2.63 bits per heavy atom. The Hall–Kier alpha value is -1.99. The van der Waals surface area contributed by atoms with Gasteiger partial charge in [-0.2, -0.15) is 0 Å². The molecule has 1 aromatic carbocycles. The number of phenolic OH excluding ortho intramolecular Hbond substituents is 1. The molecule has 0 aliphatic heterocycles. The maximum absolute atomic E-state index is 13.3. The Morgan fingerprint density at radius 1 is 1.47 bits per heavy atom. The lowest BCUT2D eigenvalue weighted by molar-refractivity contribution is -0.119. The number of rotatable bonds is 5. The third-order valence-corrected chi connectivity index (χ3v) is 2.51. The molecule has 0 bridgehead atoms. The van der Waals surface area contributed by atoms with Gasteiger partial charge in [0.1, 0.15) is 12.2 Å². The average molecular weight is 271 g/mol. The summed E-state index contributed by atoms with van der Waals surface area (Å²) < 4.78 is 13.3. The maximum atomic E-state index is 13.3. The molecule has 0 aromatic heterocycles. The van der Waals surface area contributed by atoms with Crippen molar-refractivity contribution < 1.29 is 29.3 Å². The van der Waals surface area contributed by atoms with Crippen molar-refractivity contribution in [1.82, 2.24) is 5.32 Å². The van der Waals surface area contributed by atoms with Gasteiger partial charge in [-0.25, -0.2) is 4.39 Å². The number of carbonyl (C=O) groups is 2. The zero-order valence-electron chi connectivity index (χ0n) is 10.1. The van der Waals surface area contributed by atoms with Gasteiger partial charge in [-0.3, -0.25) is 9.59 Å². The van der Waals surface area contributed by atoms with Gasteiger partial charge in [-0.05, 0) is 17.7 Å². The fourth-order valence-electron chi connectivity index (χ4n) is 1.48. The zero-order valence-corrected chi connectivity index (χ0v) is 10.1. The Balaban J connectivity index is 2.93. The number of phenols is 1. The number of halogens is 1. The van der Waals surface area contributed by atoms with Crippen LogP contribution in [0.3, 0.4) is 0 Å². The third-order valence-electron chi connectivity index (χ3n) is 2.51. The average Bonchev–Trinajstić information content (AvgIpc) is 2.37. The maximum Gasteiger partial charge on any atom is 0.216 e. The molecule has 2 atom stereocenters. The highest BCUT2D eigenvalue weighted by molar-refractivity contribution is 5.79. The SMILES string of the molecule is CC(=O)NCC(O)C(O)c1cc(F)c(O)c(C=O)c1. The highest BCUT2D eigenvalue weighted by Gasteiger charge is 2.21. The van der Waals surface area contributed by atoms with Gasteiger partial charge in [-0.1, -0.05) is 0 Å². The molecule has 0 saturated carbocycles. The molecule has 2 unspecified atom stereocenters. The Bertz CT molecular complexity index is 491. The standard InChI is InChI=1S/C12H14FNO5/c1-6(16)14-4-10(17)12(19)7-2-8(5-15)11(18)9(13)3-7/h2-3,5,10,12,17-19H,4H2,1H3,(H,14,16). The Labute approximate surface area is 108 Å². The molecule has 0 saturated heterocycles. The number of nitrogens with one attached hydrogen (secondary N) is 1. The number of hydrogen-bond donors (Lipinski definition) is 4. The Morgan fingerprint density at radius 2 is 2.11 bits per heavy atom. The minimum Gasteiger partial charge on any atom is -0.504 e. The second-order valence-corrected chi connectivity index (χ2v) is 4.01. The van der Waals surface area contributed by atoms with Gasteiger partial charge in [0.2, 0.25) is 5.91 Å². The molecule has 7 heteroatoms. The molecule has 0 heterocycles. The topological polar surface area (TPSA) is 107 Å². The predicted molar refractivity (Wildman–Crippen MR) is 63.1 cm³/mol. The number of aldehydes is 1. The fourth-order valence-corrected chi connectivity index (χ4v) is 1.48. The van der Waals surface area contributed by atoms with Crippen LogP contribution in [0.25, 0.3) is 0 Å². The molecule has 4 N–H and O–H groups in total. The lowest BCUT2D eigenvalue weighted by atomic mass is 10.0. The summed E-state index contributed by atoms with van der Waals surface area (Å²) in [5.41, 5.74) is -0.406. The first kappa shape index (κ1) is 15.1. The second-order valence-electron chi connectivity index (χ2n) is 4.01. The number of hydrogen-bond acceptors (Lipinski definition) is 5. The Kier molecular flexibility index (Phi) is 4.96. The van der Waals surface area contributed by atoms with Crippen LogP contribution in [-0.2, 0) is 4.79 Å². The minimum absolute atomic E-state index is 0.0738. The zero-order chi connectivity index (χ0) is 14.6. The predicted octanol–water partition coefficient (Wildman–Crippen LogP) is -0.126. The molecule has 6 nitrogen and oxygen atoms in total. The smallest absolute Gasteiger partial charge is 0.216 e. The molecule has 1 amide bonds. The molecular weight excluding hydrogens is 257 g/mol. The molecule has 104 valence electrons. The van der Waals surface area contributed by atoms with E-state index >= 15 is 0 Å². The van der Waals surface area contributed by atoms with Gasteiger partial charge in [0, 0.05) is 13.5 Å². The van der Waals surface area contributed by atoms with Crippen molar-refractivity contribution in [3.05, 3.63) is 29.1 Å². The summed E-state index contributed by atoms with van der Waals surface area (Å²) in [4.78, 5) is 21.3. The molecule has 0 spiro atoms. The van der Waals surface area contributed by atoms with E-state index in [1.807, 2.05) is 0 Å². The molecule has 1 rings (SSSR count). The van der Waals surface area contributed by atoms with E-state index in [4.69, 9.17) is 0 Å². The highest BCUT2D eigenvalue weighted by atomic mass is 19.1. The van der Waals surface area contributed by atoms with Gasteiger partial charge in [-0.15, -0.1) is 0 Å². The van der Waals surface area contributed by atoms with Gasteiger partial charge in [0.05, 0.1) is 5.56 Å². The summed E-state index contributed by atoms with van der Waals surface area (Å²) in [5, 5.41) is 30.9. The summed E-state index contributed by atoms with van der Waals surface area (Å²) in [6.07, 6.45) is -2.64. The van der Waals surface area contributed by atoms with Crippen LogP contribution < -0.4 is 5.32 Å². The van der Waals surface area contributed by atoms with E-state index in [2.05, 4.69) is 5.32 Å². The van der Waals surface area contributed by atoms with Crippen LogP contribution in [0.4, 0.5) is 4.39 Å². The first-order valence-electron chi connectivity index (χ1n) is 5.45. The van der Waals surface area contributed by atoms with Crippen LogP contribution in [0.5, 0.6) is 5.75 Å². The van der Waals surface area contributed by atoms with E-state index in [0.29, 0.717) is 0 Å². The number of aromatic hydroxyl groups is 1. The number of amides is 1. The summed E-state index contributed by atoms with van der Waals surface area (Å²) >= 11 is 0. The summed E-state index contributed by atoms with van der Waals surface area (Å²) in [6, 6.07) is 1.87. The lowest BCUT2D eigenvalue weighted by Gasteiger charge is -2.19. The quantitative estimate of drug-likeness (QED) is 0.558. The van der Waals surface area contributed by atoms with Crippen molar-refractivity contribution in [3.63, 3.8) is 0 Å². The molecule has 0 aliphatic carbocycles. The fraction of sp³-hybridized carbons (Fsp3) is 0.333. The van der Waals surface area contributed by atoms with Crippen molar-refractivity contribution in [1.29, 1.82) is 0 Å². The second kappa shape index (κ2) is 6.26. The number of aliphatic hydroxyl groups is 2. The number of benzene rings is 1. The molecule has 0 fully saturated rings. The van der Waals surface area contributed by atoms with E-state index in [1.165, 1.54) is 6.92 Å². The van der Waals surface area contributed by atoms with E-state index < -0.39 is 29.7 Å². The molecular formula is C12H14FNO5. The minimum atomic E-state index is -1.50. The van der Waals surface area contributed by atoms with Crippen molar-refractivity contribution in [2.75, 3.05) is 6.54 Å². The van der Waals surface area contributed by atoms with Crippen LogP contribution in [-0.4, -0.2) is 40.2 Å². The normalized spacial score (nSPS) is 13.7. The van der Waals surface area contributed by atoms with Crippen LogP contribution in [0.2, 0.25) is 0 Å². The van der Waals surface area contributed by atoms with Crippen LogP contribution in [0, 0.1) is 5.82 Å². The van der Waals surface area contributed by atoms with Crippen LogP contribution >= 0.6 is 0 Å². The monoisotopic (exact) mass is 271 g/mol. The molecule has 19 heavy (non-hydrogen) atoms. The first-order chi connectivity index (χ1) is 8.86. The van der Waals surface area contributed by atoms with E-state index in [9.17, 15) is 29.3 Å². The first-order valence-corrected chi connectivity index (χ1v) is 5.45. The van der Waals surface area contributed by atoms with Gasteiger partial charge in [0.25, 0.3) is 0 Å². The van der Waals surface area contributed by atoms with Crippen molar-refractivity contribution >= 4 is 12.2 Å². The van der Waals surface area contributed by atoms with E-state index in [0.717, 1.165) is 12.1 Å². The molecule has 1 aromatic rings. The van der Waals surface area contributed by atoms with E-state index in [-0.39, 0.29) is 24.0 Å². The van der Waals surface area contributed by atoms with Gasteiger partial charge in [0.15, 0.2) is 17.9 Å². The van der Waals surface area contributed by atoms with Crippen molar-refractivity contribution in [2.24, 2.45) is 0 Å². The van der Waals surface area contributed by atoms with E-state index in [1.54, 1.807) is 0 Å². The molecule has 0 radical (unpaired) electrons. The summed E-state index contributed by atoms with van der Waals surface area (Å²) in [6.45, 7) is 1.01. The van der Waals surface area contributed by atoms with Crippen molar-refractivity contribution in [3.8, 4) is 5.75 Å². The summed E-state index contributed by atoms with van der Waals surface area (Å²) in [7, 11) is 0. The number of carbonyl (C=O) groups excluding carboxylic acids is 2. The third kappa shape index (κ3) is 3.73. The summed E-state index contributed by atoms with van der Waals surface area (Å²) in [5.74, 6) is -2.29. The highest BCUT2D eigenvalue weighted by Crippen LogP contribution is 2.26. The van der Waals surface area contributed by atoms with Crippen LogP contribution in [0.1, 0.15) is 28.9 Å². The molecule has 0 aliphatic rings. The van der Waals surface area contributed by atoms with Crippen LogP contribution in [0.15, 0.2) is 12.1 Å².